The molecule has 0 aromatic carbocycles. The Morgan fingerprint density at radius 2 is 1.86 bits per heavy atom. The zero-order valence-corrected chi connectivity index (χ0v) is 13.1. The van der Waals surface area contributed by atoms with Crippen LogP contribution in [-0.2, 0) is 14.3 Å². The SMILES string of the molecule is COC(=O)c1ccc(C(C)NC(CC(C)C)C(=O)OC)o1. The molecule has 0 saturated heterocycles. The van der Waals surface area contributed by atoms with Crippen LogP contribution in [0.1, 0.15) is 49.5 Å². The van der Waals surface area contributed by atoms with Crippen molar-refractivity contribution in [3.8, 4) is 0 Å². The summed E-state index contributed by atoms with van der Waals surface area (Å²) in [4.78, 5) is 23.1. The molecule has 0 bridgehead atoms. The van der Waals surface area contributed by atoms with Crippen molar-refractivity contribution in [1.29, 1.82) is 0 Å². The summed E-state index contributed by atoms with van der Waals surface area (Å²) in [6, 6.07) is 2.59. The minimum absolute atomic E-state index is 0.139. The van der Waals surface area contributed by atoms with Crippen molar-refractivity contribution in [2.75, 3.05) is 14.2 Å². The Morgan fingerprint density at radius 3 is 2.38 bits per heavy atom. The fraction of sp³-hybridized carbons (Fsp3) is 0.600. The Labute approximate surface area is 124 Å². The van der Waals surface area contributed by atoms with Gasteiger partial charge in [-0.05, 0) is 31.4 Å². The molecule has 0 aliphatic heterocycles. The number of carbonyl (C=O) groups is 2. The van der Waals surface area contributed by atoms with E-state index in [-0.39, 0.29) is 17.8 Å². The molecular weight excluding hydrogens is 274 g/mol. The highest BCUT2D eigenvalue weighted by Gasteiger charge is 2.24. The summed E-state index contributed by atoms with van der Waals surface area (Å²) < 4.78 is 14.8. The van der Waals surface area contributed by atoms with Crippen molar-refractivity contribution in [1.82, 2.24) is 5.32 Å². The van der Waals surface area contributed by atoms with Gasteiger partial charge in [0.15, 0.2) is 0 Å². The molecule has 0 saturated carbocycles. The van der Waals surface area contributed by atoms with E-state index in [9.17, 15) is 9.59 Å². The van der Waals surface area contributed by atoms with Crippen molar-refractivity contribution in [3.63, 3.8) is 0 Å². The highest BCUT2D eigenvalue weighted by Crippen LogP contribution is 2.19. The van der Waals surface area contributed by atoms with E-state index in [0.717, 1.165) is 0 Å². The molecule has 0 radical (unpaired) electrons. The van der Waals surface area contributed by atoms with Crippen molar-refractivity contribution >= 4 is 11.9 Å². The second-order valence-electron chi connectivity index (χ2n) is 5.29. The monoisotopic (exact) mass is 297 g/mol. The summed E-state index contributed by atoms with van der Waals surface area (Å²) in [6.45, 7) is 5.92. The number of hydrogen-bond acceptors (Lipinski definition) is 6. The molecule has 1 rings (SSSR count). The molecule has 2 unspecified atom stereocenters. The normalized spacial score (nSPS) is 13.8. The smallest absolute Gasteiger partial charge is 0.373 e. The second kappa shape index (κ2) is 7.83. The van der Waals surface area contributed by atoms with Gasteiger partial charge in [-0.2, -0.15) is 0 Å². The lowest BCUT2D eigenvalue weighted by Crippen LogP contribution is -2.40. The predicted molar refractivity (Wildman–Crippen MR) is 76.9 cm³/mol. The van der Waals surface area contributed by atoms with Crippen molar-refractivity contribution in [3.05, 3.63) is 23.7 Å². The summed E-state index contributed by atoms with van der Waals surface area (Å²) in [6.07, 6.45) is 0.654. The number of rotatable bonds is 7. The molecule has 0 amide bonds. The minimum atomic E-state index is -0.528. The van der Waals surface area contributed by atoms with Crippen LogP contribution in [0.4, 0.5) is 0 Å². The molecule has 0 aliphatic rings. The summed E-state index contributed by atoms with van der Waals surface area (Å²) in [7, 11) is 2.66. The third kappa shape index (κ3) is 4.90. The van der Waals surface area contributed by atoms with Gasteiger partial charge in [0.2, 0.25) is 5.76 Å². The Bertz CT molecular complexity index is 480. The standard InChI is InChI=1S/C15H23NO5/c1-9(2)8-11(14(17)19-4)16-10(3)12-6-7-13(21-12)15(18)20-5/h6-7,9-11,16H,8H2,1-5H3. The maximum absolute atomic E-state index is 11.8. The average molecular weight is 297 g/mol. The fourth-order valence-corrected chi connectivity index (χ4v) is 2.03. The molecule has 1 aromatic rings. The predicted octanol–water partition coefficient (Wildman–Crippen LogP) is 2.30. The van der Waals surface area contributed by atoms with Crippen LogP contribution in [0.3, 0.4) is 0 Å². The maximum Gasteiger partial charge on any atom is 0.373 e. The summed E-state index contributed by atoms with van der Waals surface area (Å²) in [5, 5.41) is 3.17. The van der Waals surface area contributed by atoms with E-state index in [1.807, 2.05) is 20.8 Å². The zero-order chi connectivity index (χ0) is 16.0. The number of carbonyl (C=O) groups excluding carboxylic acids is 2. The van der Waals surface area contributed by atoms with Crippen LogP contribution >= 0.6 is 0 Å². The van der Waals surface area contributed by atoms with Gasteiger partial charge in [0.1, 0.15) is 11.8 Å². The number of furan rings is 1. The van der Waals surface area contributed by atoms with Crippen molar-refractivity contribution in [2.24, 2.45) is 5.92 Å². The van der Waals surface area contributed by atoms with E-state index in [4.69, 9.17) is 9.15 Å². The summed E-state index contributed by atoms with van der Waals surface area (Å²) >= 11 is 0. The van der Waals surface area contributed by atoms with Gasteiger partial charge < -0.3 is 13.9 Å². The quantitative estimate of drug-likeness (QED) is 0.778. The van der Waals surface area contributed by atoms with E-state index in [1.165, 1.54) is 14.2 Å². The summed E-state index contributed by atoms with van der Waals surface area (Å²) in [5.74, 6) is 0.208. The van der Waals surface area contributed by atoms with Gasteiger partial charge in [-0.15, -0.1) is 0 Å². The van der Waals surface area contributed by atoms with Crippen molar-refractivity contribution in [2.45, 2.75) is 39.3 Å². The lowest BCUT2D eigenvalue weighted by Gasteiger charge is -2.21. The van der Waals surface area contributed by atoms with Crippen LogP contribution in [0.2, 0.25) is 0 Å². The number of ether oxygens (including phenoxy) is 2. The van der Waals surface area contributed by atoms with E-state index in [0.29, 0.717) is 18.1 Å². The van der Waals surface area contributed by atoms with E-state index in [1.54, 1.807) is 12.1 Å². The lowest BCUT2D eigenvalue weighted by molar-refractivity contribution is -0.143. The van der Waals surface area contributed by atoms with Gasteiger partial charge in [0, 0.05) is 0 Å². The van der Waals surface area contributed by atoms with Gasteiger partial charge in [-0.1, -0.05) is 13.8 Å². The molecule has 0 spiro atoms. The van der Waals surface area contributed by atoms with Gasteiger partial charge in [-0.25, -0.2) is 4.79 Å². The Balaban J connectivity index is 2.76. The van der Waals surface area contributed by atoms with E-state index < -0.39 is 12.0 Å². The average Bonchev–Trinajstić information content (AvgIpc) is 2.94. The van der Waals surface area contributed by atoms with Gasteiger partial charge in [-0.3, -0.25) is 10.1 Å². The van der Waals surface area contributed by atoms with Crippen LogP contribution in [0, 0.1) is 5.92 Å². The Morgan fingerprint density at radius 1 is 1.19 bits per heavy atom. The molecule has 1 aromatic heterocycles. The van der Waals surface area contributed by atoms with E-state index >= 15 is 0 Å². The van der Waals surface area contributed by atoms with Gasteiger partial charge in [0.25, 0.3) is 0 Å². The maximum atomic E-state index is 11.8. The number of hydrogen-bond donors (Lipinski definition) is 1. The second-order valence-corrected chi connectivity index (χ2v) is 5.29. The topological polar surface area (TPSA) is 77.8 Å². The summed E-state index contributed by atoms with van der Waals surface area (Å²) in [5.41, 5.74) is 0. The number of esters is 2. The first-order valence-electron chi connectivity index (χ1n) is 6.91. The Hall–Kier alpha value is -1.82. The Kier molecular flexibility index (Phi) is 6.42. The molecule has 1 N–H and O–H groups in total. The first kappa shape index (κ1) is 17.2. The third-order valence-electron chi connectivity index (χ3n) is 3.08. The third-order valence-corrected chi connectivity index (χ3v) is 3.08. The van der Waals surface area contributed by atoms with Crippen LogP contribution in [0.5, 0.6) is 0 Å². The molecule has 0 fully saturated rings. The van der Waals surface area contributed by atoms with Crippen molar-refractivity contribution < 1.29 is 23.5 Å². The number of nitrogens with one attached hydrogen (secondary N) is 1. The molecule has 2 atom stereocenters. The zero-order valence-electron chi connectivity index (χ0n) is 13.1. The highest BCUT2D eigenvalue weighted by atomic mass is 16.5. The number of methoxy groups -OCH3 is 2. The van der Waals surface area contributed by atoms with Crippen LogP contribution in [0.15, 0.2) is 16.5 Å². The van der Waals surface area contributed by atoms with Gasteiger partial charge in [0.05, 0.1) is 20.3 Å². The molecule has 6 nitrogen and oxygen atoms in total. The first-order chi connectivity index (χ1) is 9.88. The first-order valence-corrected chi connectivity index (χ1v) is 6.91. The van der Waals surface area contributed by atoms with Crippen LogP contribution in [0.25, 0.3) is 0 Å². The van der Waals surface area contributed by atoms with Crippen LogP contribution < -0.4 is 5.32 Å². The lowest BCUT2D eigenvalue weighted by atomic mass is 10.0. The van der Waals surface area contributed by atoms with E-state index in [2.05, 4.69) is 10.1 Å². The molecule has 1 heterocycles. The van der Waals surface area contributed by atoms with Crippen LogP contribution in [-0.4, -0.2) is 32.2 Å². The molecule has 21 heavy (non-hydrogen) atoms. The minimum Gasteiger partial charge on any atom is -0.468 e. The fourth-order valence-electron chi connectivity index (χ4n) is 2.03. The highest BCUT2D eigenvalue weighted by molar-refractivity contribution is 5.86. The molecule has 118 valence electrons. The molecular formula is C15H23NO5. The van der Waals surface area contributed by atoms with Gasteiger partial charge >= 0.3 is 11.9 Å². The molecule has 6 heteroatoms. The molecule has 0 aliphatic carbocycles. The largest absolute Gasteiger partial charge is 0.468 e.